The fourth-order valence-electron chi connectivity index (χ4n) is 3.13. The van der Waals surface area contributed by atoms with E-state index < -0.39 is 0 Å². The van der Waals surface area contributed by atoms with E-state index in [1.54, 1.807) is 12.3 Å². The molecule has 27 heavy (non-hydrogen) atoms. The second kappa shape index (κ2) is 9.46. The molecule has 0 aliphatic carbocycles. The molecule has 1 saturated heterocycles. The lowest BCUT2D eigenvalue weighted by Crippen LogP contribution is -2.48. The molecule has 2 heterocycles. The van der Waals surface area contributed by atoms with Crippen molar-refractivity contribution in [2.45, 2.75) is 25.8 Å². The maximum atomic E-state index is 12.4. The Morgan fingerprint density at radius 2 is 1.89 bits per heavy atom. The van der Waals surface area contributed by atoms with Crippen LogP contribution in [-0.4, -0.2) is 42.9 Å². The van der Waals surface area contributed by atoms with E-state index in [1.165, 1.54) is 0 Å². The molecular formula is C20H24ClN3O3. The van der Waals surface area contributed by atoms with Gasteiger partial charge in [-0.15, -0.1) is 0 Å². The van der Waals surface area contributed by atoms with E-state index in [1.807, 2.05) is 35.2 Å². The van der Waals surface area contributed by atoms with Gasteiger partial charge in [-0.2, -0.15) is 0 Å². The summed E-state index contributed by atoms with van der Waals surface area (Å²) in [6.45, 7) is 3.34. The number of carbonyl (C=O) groups excluding carboxylic acids is 2. The van der Waals surface area contributed by atoms with Crippen LogP contribution in [0.5, 0.6) is 0 Å². The first-order chi connectivity index (χ1) is 13.1. The number of halogens is 1. The Balaban J connectivity index is 1.34. The molecule has 1 aromatic carbocycles. The molecule has 7 heteroatoms. The Hall–Kier alpha value is -2.47. The van der Waals surface area contributed by atoms with Crippen molar-refractivity contribution >= 4 is 29.1 Å². The zero-order valence-corrected chi connectivity index (χ0v) is 16.0. The van der Waals surface area contributed by atoms with Crippen LogP contribution in [0.25, 0.3) is 0 Å². The number of benzene rings is 1. The smallest absolute Gasteiger partial charge is 0.222 e. The van der Waals surface area contributed by atoms with Gasteiger partial charge >= 0.3 is 0 Å². The summed E-state index contributed by atoms with van der Waals surface area (Å²) in [4.78, 5) is 28.3. The fraction of sp³-hybridized carbons (Fsp3) is 0.400. The van der Waals surface area contributed by atoms with Crippen molar-refractivity contribution in [3.05, 3.63) is 53.4 Å². The number of nitrogens with one attached hydrogen (secondary N) is 1. The van der Waals surface area contributed by atoms with Gasteiger partial charge in [0.2, 0.25) is 11.8 Å². The second-order valence-corrected chi connectivity index (χ2v) is 6.99. The van der Waals surface area contributed by atoms with E-state index in [0.29, 0.717) is 38.9 Å². The molecule has 2 amide bonds. The van der Waals surface area contributed by atoms with Crippen molar-refractivity contribution < 1.29 is 14.0 Å². The molecule has 0 saturated carbocycles. The number of piperazine rings is 1. The highest BCUT2D eigenvalue weighted by molar-refractivity contribution is 6.30. The van der Waals surface area contributed by atoms with Crippen molar-refractivity contribution in [3.63, 3.8) is 0 Å². The monoisotopic (exact) mass is 389 g/mol. The Kier molecular flexibility index (Phi) is 6.76. The van der Waals surface area contributed by atoms with Crippen LogP contribution in [0.15, 0.2) is 47.1 Å². The van der Waals surface area contributed by atoms with Crippen LogP contribution in [0.1, 0.15) is 25.0 Å². The Morgan fingerprint density at radius 1 is 1.07 bits per heavy atom. The second-order valence-electron chi connectivity index (χ2n) is 6.56. The summed E-state index contributed by atoms with van der Waals surface area (Å²) >= 11 is 6.05. The van der Waals surface area contributed by atoms with Crippen molar-refractivity contribution in [1.29, 1.82) is 0 Å². The van der Waals surface area contributed by atoms with E-state index in [4.69, 9.17) is 16.0 Å². The van der Waals surface area contributed by atoms with Gasteiger partial charge in [-0.25, -0.2) is 0 Å². The summed E-state index contributed by atoms with van der Waals surface area (Å²) < 4.78 is 5.17. The number of hydrogen-bond acceptors (Lipinski definition) is 4. The zero-order valence-electron chi connectivity index (χ0n) is 15.2. The van der Waals surface area contributed by atoms with Gasteiger partial charge in [0.15, 0.2) is 0 Å². The fourth-order valence-corrected chi connectivity index (χ4v) is 3.32. The first-order valence-corrected chi connectivity index (χ1v) is 9.57. The Morgan fingerprint density at radius 3 is 2.59 bits per heavy atom. The molecule has 1 fully saturated rings. The number of anilines is 1. The highest BCUT2D eigenvalue weighted by atomic mass is 35.5. The summed E-state index contributed by atoms with van der Waals surface area (Å²) in [5.41, 5.74) is 1.09. The first kappa shape index (κ1) is 19.3. The molecule has 1 aliphatic rings. The molecule has 1 aromatic heterocycles. The topological polar surface area (TPSA) is 65.8 Å². The molecule has 0 bridgehead atoms. The third-order valence-corrected chi connectivity index (χ3v) is 4.88. The highest BCUT2D eigenvalue weighted by Crippen LogP contribution is 2.21. The maximum Gasteiger partial charge on any atom is 0.222 e. The first-order valence-electron chi connectivity index (χ1n) is 9.19. The quantitative estimate of drug-likeness (QED) is 0.790. The SMILES string of the molecule is O=C(CCCC(=O)N1CCN(c2cccc(Cl)c2)CC1)NCc1ccco1. The molecule has 2 aromatic rings. The van der Waals surface area contributed by atoms with E-state index in [0.717, 1.165) is 29.6 Å². The third-order valence-electron chi connectivity index (χ3n) is 4.64. The predicted octanol–water partition coefficient (Wildman–Crippen LogP) is 3.07. The molecule has 0 unspecified atom stereocenters. The Labute approximate surface area is 164 Å². The lowest BCUT2D eigenvalue weighted by Gasteiger charge is -2.36. The highest BCUT2D eigenvalue weighted by Gasteiger charge is 2.21. The van der Waals surface area contributed by atoms with Crippen LogP contribution in [0, 0.1) is 0 Å². The molecule has 0 radical (unpaired) electrons. The molecule has 1 N–H and O–H groups in total. The van der Waals surface area contributed by atoms with Crippen LogP contribution < -0.4 is 10.2 Å². The van der Waals surface area contributed by atoms with E-state index in [2.05, 4.69) is 10.2 Å². The molecule has 1 aliphatic heterocycles. The van der Waals surface area contributed by atoms with Crippen LogP contribution in [-0.2, 0) is 16.1 Å². The van der Waals surface area contributed by atoms with E-state index in [-0.39, 0.29) is 11.8 Å². The van der Waals surface area contributed by atoms with Gasteiger partial charge in [-0.05, 0) is 36.8 Å². The van der Waals surface area contributed by atoms with Crippen molar-refractivity contribution in [1.82, 2.24) is 10.2 Å². The van der Waals surface area contributed by atoms with Gasteiger partial charge in [-0.3, -0.25) is 9.59 Å². The predicted molar refractivity (Wildman–Crippen MR) is 105 cm³/mol. The molecular weight excluding hydrogens is 366 g/mol. The van der Waals surface area contributed by atoms with Crippen molar-refractivity contribution in [2.75, 3.05) is 31.1 Å². The summed E-state index contributed by atoms with van der Waals surface area (Å²) in [5, 5.41) is 3.51. The van der Waals surface area contributed by atoms with Crippen molar-refractivity contribution in [2.24, 2.45) is 0 Å². The zero-order chi connectivity index (χ0) is 19.1. The standard InChI is InChI=1S/C20H24ClN3O3/c21-16-4-1-5-17(14-16)23-9-11-24(12-10-23)20(26)8-2-7-19(25)22-15-18-6-3-13-27-18/h1,3-6,13-14H,2,7-12,15H2,(H,22,25). The van der Waals surface area contributed by atoms with Gasteiger partial charge in [-0.1, -0.05) is 17.7 Å². The van der Waals surface area contributed by atoms with E-state index >= 15 is 0 Å². The molecule has 0 spiro atoms. The molecule has 6 nitrogen and oxygen atoms in total. The van der Waals surface area contributed by atoms with Gasteiger partial charge in [0, 0.05) is 49.7 Å². The average molecular weight is 390 g/mol. The summed E-state index contributed by atoms with van der Waals surface area (Å²) in [6.07, 6.45) is 2.86. The van der Waals surface area contributed by atoms with Crippen LogP contribution >= 0.6 is 11.6 Å². The number of amides is 2. The van der Waals surface area contributed by atoms with Crippen molar-refractivity contribution in [3.8, 4) is 0 Å². The molecule has 0 atom stereocenters. The summed E-state index contributed by atoms with van der Waals surface area (Å²) in [5.74, 6) is 0.765. The van der Waals surface area contributed by atoms with Crippen LogP contribution in [0.2, 0.25) is 5.02 Å². The third kappa shape index (κ3) is 5.76. The van der Waals surface area contributed by atoms with E-state index in [9.17, 15) is 9.59 Å². The Bertz CT molecular complexity index is 756. The minimum absolute atomic E-state index is 0.0648. The van der Waals surface area contributed by atoms with Crippen LogP contribution in [0.4, 0.5) is 5.69 Å². The normalized spacial score (nSPS) is 14.3. The minimum atomic E-state index is -0.0648. The largest absolute Gasteiger partial charge is 0.467 e. The molecule has 3 rings (SSSR count). The van der Waals surface area contributed by atoms with Gasteiger partial charge in [0.25, 0.3) is 0 Å². The number of hydrogen-bond donors (Lipinski definition) is 1. The lowest BCUT2D eigenvalue weighted by molar-refractivity contribution is -0.131. The lowest BCUT2D eigenvalue weighted by atomic mass is 10.2. The number of furan rings is 1. The minimum Gasteiger partial charge on any atom is -0.467 e. The maximum absolute atomic E-state index is 12.4. The average Bonchev–Trinajstić information content (AvgIpc) is 3.20. The number of nitrogens with zero attached hydrogens (tertiary/aromatic N) is 2. The number of carbonyl (C=O) groups is 2. The van der Waals surface area contributed by atoms with Gasteiger partial charge in [0.05, 0.1) is 12.8 Å². The summed E-state index contributed by atoms with van der Waals surface area (Å²) in [6, 6.07) is 11.4. The van der Waals surface area contributed by atoms with Gasteiger partial charge in [0.1, 0.15) is 5.76 Å². The van der Waals surface area contributed by atoms with Crippen LogP contribution in [0.3, 0.4) is 0 Å². The molecule has 144 valence electrons. The summed E-state index contributed by atoms with van der Waals surface area (Å²) in [7, 11) is 0. The number of rotatable bonds is 7. The van der Waals surface area contributed by atoms with Gasteiger partial charge < -0.3 is 19.5 Å².